The lowest BCUT2D eigenvalue weighted by Crippen LogP contribution is -2.47. The molecule has 2 rings (SSSR count). The number of benzene rings is 1. The maximum atomic E-state index is 12.5. The first-order chi connectivity index (χ1) is 8.95. The van der Waals surface area contributed by atoms with Crippen LogP contribution >= 0.6 is 0 Å². The van der Waals surface area contributed by atoms with Gasteiger partial charge in [-0.05, 0) is 37.7 Å². The van der Waals surface area contributed by atoms with Crippen molar-refractivity contribution in [3.63, 3.8) is 0 Å². The molecule has 19 heavy (non-hydrogen) atoms. The van der Waals surface area contributed by atoms with E-state index in [-0.39, 0.29) is 4.90 Å². The van der Waals surface area contributed by atoms with E-state index in [9.17, 15) is 8.42 Å². The van der Waals surface area contributed by atoms with Gasteiger partial charge >= 0.3 is 0 Å². The maximum absolute atomic E-state index is 12.5. The average Bonchev–Trinajstić information content (AvgIpc) is 2.39. The van der Waals surface area contributed by atoms with Crippen LogP contribution in [0.25, 0.3) is 0 Å². The Balaban J connectivity index is 2.30. The molecule has 0 spiro atoms. The minimum absolute atomic E-state index is 0.272. The smallest absolute Gasteiger partial charge is 0.243 e. The zero-order valence-corrected chi connectivity index (χ0v) is 11.9. The van der Waals surface area contributed by atoms with E-state index in [1.54, 1.807) is 19.1 Å². The van der Waals surface area contributed by atoms with Crippen molar-refractivity contribution in [2.24, 2.45) is 0 Å². The molecule has 0 unspecified atom stereocenters. The summed E-state index contributed by atoms with van der Waals surface area (Å²) in [7, 11) is -1.45. The Morgan fingerprint density at radius 3 is 2.37 bits per heavy atom. The molecule has 1 heterocycles. The molecule has 0 N–H and O–H groups in total. The minimum Gasteiger partial charge on any atom is -0.304 e. The molecule has 5 nitrogen and oxygen atoms in total. The molecule has 1 aliphatic rings. The van der Waals surface area contributed by atoms with Gasteiger partial charge in [0.05, 0.1) is 16.5 Å². The lowest BCUT2D eigenvalue weighted by atomic mass is 10.1. The Bertz CT molecular complexity index is 611. The van der Waals surface area contributed by atoms with E-state index in [0.717, 1.165) is 13.1 Å². The number of sulfonamides is 1. The first-order valence-electron chi connectivity index (χ1n) is 6.14. The van der Waals surface area contributed by atoms with Gasteiger partial charge in [-0.3, -0.25) is 0 Å². The van der Waals surface area contributed by atoms with Crippen LogP contribution in [0.4, 0.5) is 0 Å². The number of rotatable bonds is 2. The Morgan fingerprint density at radius 1 is 1.21 bits per heavy atom. The van der Waals surface area contributed by atoms with Crippen molar-refractivity contribution in [2.75, 3.05) is 33.2 Å². The van der Waals surface area contributed by atoms with Crippen LogP contribution in [0.15, 0.2) is 23.1 Å². The molecule has 0 saturated carbocycles. The first kappa shape index (κ1) is 14.0. The number of aryl methyl sites for hydroxylation is 1. The molecular formula is C13H17N3O2S. The SMILES string of the molecule is Cc1cc(S(=O)(=O)N2CCN(C)CC2)ccc1C#N. The highest BCUT2D eigenvalue weighted by Gasteiger charge is 2.27. The van der Waals surface area contributed by atoms with Crippen molar-refractivity contribution in [3.8, 4) is 6.07 Å². The summed E-state index contributed by atoms with van der Waals surface area (Å²) in [5.74, 6) is 0. The summed E-state index contributed by atoms with van der Waals surface area (Å²) in [5.41, 5.74) is 1.20. The summed E-state index contributed by atoms with van der Waals surface area (Å²) in [6.07, 6.45) is 0. The second kappa shape index (κ2) is 5.29. The van der Waals surface area contributed by atoms with E-state index in [1.807, 2.05) is 13.1 Å². The predicted molar refractivity (Wildman–Crippen MR) is 72.1 cm³/mol. The van der Waals surface area contributed by atoms with Crippen LogP contribution in [0.5, 0.6) is 0 Å². The Hall–Kier alpha value is -1.42. The first-order valence-corrected chi connectivity index (χ1v) is 7.58. The maximum Gasteiger partial charge on any atom is 0.243 e. The topological polar surface area (TPSA) is 64.4 Å². The lowest BCUT2D eigenvalue weighted by molar-refractivity contribution is 0.222. The molecule has 1 aliphatic heterocycles. The minimum atomic E-state index is -3.44. The van der Waals surface area contributed by atoms with Crippen LogP contribution in [0.1, 0.15) is 11.1 Å². The molecule has 0 aromatic heterocycles. The summed E-state index contributed by atoms with van der Waals surface area (Å²) < 4.78 is 26.4. The van der Waals surface area contributed by atoms with Crippen molar-refractivity contribution in [1.29, 1.82) is 5.26 Å². The van der Waals surface area contributed by atoms with Gasteiger partial charge < -0.3 is 4.90 Å². The van der Waals surface area contributed by atoms with Gasteiger partial charge in [0.15, 0.2) is 0 Å². The molecule has 0 aliphatic carbocycles. The zero-order valence-electron chi connectivity index (χ0n) is 11.1. The average molecular weight is 279 g/mol. The van der Waals surface area contributed by atoms with E-state index in [2.05, 4.69) is 4.90 Å². The number of nitrogens with zero attached hydrogens (tertiary/aromatic N) is 3. The van der Waals surface area contributed by atoms with E-state index >= 15 is 0 Å². The lowest BCUT2D eigenvalue weighted by Gasteiger charge is -2.31. The molecule has 0 atom stereocenters. The van der Waals surface area contributed by atoms with Crippen LogP contribution in [-0.2, 0) is 10.0 Å². The van der Waals surface area contributed by atoms with Gasteiger partial charge in [-0.1, -0.05) is 0 Å². The third-order valence-corrected chi connectivity index (χ3v) is 5.31. The summed E-state index contributed by atoms with van der Waals surface area (Å²) in [5, 5.41) is 8.87. The monoisotopic (exact) mass is 279 g/mol. The number of piperazine rings is 1. The van der Waals surface area contributed by atoms with Gasteiger partial charge in [0, 0.05) is 26.2 Å². The van der Waals surface area contributed by atoms with Crippen LogP contribution in [-0.4, -0.2) is 50.8 Å². The second-order valence-corrected chi connectivity index (χ2v) is 6.73. The van der Waals surface area contributed by atoms with E-state index in [0.29, 0.717) is 24.2 Å². The van der Waals surface area contributed by atoms with Crippen molar-refractivity contribution >= 4 is 10.0 Å². The molecule has 1 fully saturated rings. The van der Waals surface area contributed by atoms with Gasteiger partial charge in [0.25, 0.3) is 0 Å². The van der Waals surface area contributed by atoms with Crippen LogP contribution in [0.2, 0.25) is 0 Å². The second-order valence-electron chi connectivity index (χ2n) is 4.80. The fraction of sp³-hybridized carbons (Fsp3) is 0.462. The van der Waals surface area contributed by atoms with E-state index < -0.39 is 10.0 Å². The highest BCUT2D eigenvalue weighted by atomic mass is 32.2. The van der Waals surface area contributed by atoms with Gasteiger partial charge in [-0.15, -0.1) is 0 Å². The fourth-order valence-electron chi connectivity index (χ4n) is 2.10. The summed E-state index contributed by atoms with van der Waals surface area (Å²) in [6, 6.07) is 6.70. The van der Waals surface area contributed by atoms with Gasteiger partial charge in [-0.2, -0.15) is 9.57 Å². The number of likely N-dealkylation sites (N-methyl/N-ethyl adjacent to an activating group) is 1. The summed E-state index contributed by atoms with van der Waals surface area (Å²) in [4.78, 5) is 2.38. The number of nitriles is 1. The normalized spacial score (nSPS) is 18.2. The highest BCUT2D eigenvalue weighted by Crippen LogP contribution is 2.20. The third kappa shape index (κ3) is 2.78. The van der Waals surface area contributed by atoms with Crippen molar-refractivity contribution < 1.29 is 8.42 Å². The van der Waals surface area contributed by atoms with Crippen LogP contribution in [0.3, 0.4) is 0 Å². The number of hydrogen-bond donors (Lipinski definition) is 0. The van der Waals surface area contributed by atoms with Gasteiger partial charge in [-0.25, -0.2) is 8.42 Å². The molecule has 0 bridgehead atoms. The Kier molecular flexibility index (Phi) is 3.90. The summed E-state index contributed by atoms with van der Waals surface area (Å²) in [6.45, 7) is 4.26. The zero-order chi connectivity index (χ0) is 14.0. The van der Waals surface area contributed by atoms with Crippen LogP contribution in [0, 0.1) is 18.3 Å². The van der Waals surface area contributed by atoms with Gasteiger partial charge in [0.1, 0.15) is 0 Å². The standard InChI is InChI=1S/C13H17N3O2S/c1-11-9-13(4-3-12(11)10-14)19(17,18)16-7-5-15(2)6-8-16/h3-4,9H,5-8H2,1-2H3. The Morgan fingerprint density at radius 2 is 1.84 bits per heavy atom. The molecule has 1 aromatic rings. The largest absolute Gasteiger partial charge is 0.304 e. The molecule has 0 radical (unpaired) electrons. The number of hydrogen-bond acceptors (Lipinski definition) is 4. The predicted octanol–water partition coefficient (Wildman–Crippen LogP) is 0.803. The quantitative estimate of drug-likeness (QED) is 0.803. The van der Waals surface area contributed by atoms with E-state index in [4.69, 9.17) is 5.26 Å². The molecular weight excluding hydrogens is 262 g/mol. The van der Waals surface area contributed by atoms with Crippen LogP contribution < -0.4 is 0 Å². The molecule has 6 heteroatoms. The van der Waals surface area contributed by atoms with E-state index in [1.165, 1.54) is 10.4 Å². The van der Waals surface area contributed by atoms with Gasteiger partial charge in [0.2, 0.25) is 10.0 Å². The highest BCUT2D eigenvalue weighted by molar-refractivity contribution is 7.89. The summed E-state index contributed by atoms with van der Waals surface area (Å²) >= 11 is 0. The van der Waals surface area contributed by atoms with Crippen molar-refractivity contribution in [1.82, 2.24) is 9.21 Å². The third-order valence-electron chi connectivity index (χ3n) is 3.42. The molecule has 102 valence electrons. The van der Waals surface area contributed by atoms with Crippen molar-refractivity contribution in [2.45, 2.75) is 11.8 Å². The molecule has 1 aromatic carbocycles. The molecule has 0 amide bonds. The van der Waals surface area contributed by atoms with Crippen molar-refractivity contribution in [3.05, 3.63) is 29.3 Å². The molecule has 1 saturated heterocycles. The fourth-order valence-corrected chi connectivity index (χ4v) is 3.61. The Labute approximate surface area is 114 Å².